The Kier molecular flexibility index (Phi) is 2.79. The van der Waals surface area contributed by atoms with E-state index < -0.39 is 0 Å². The van der Waals surface area contributed by atoms with Crippen LogP contribution in [0.1, 0.15) is 40.0 Å². The molecule has 0 spiro atoms. The summed E-state index contributed by atoms with van der Waals surface area (Å²) in [6.07, 6.45) is 3.21. The van der Waals surface area contributed by atoms with Crippen LogP contribution >= 0.6 is 0 Å². The summed E-state index contributed by atoms with van der Waals surface area (Å²) in [5, 5.41) is 0. The van der Waals surface area contributed by atoms with Gasteiger partial charge in [0.25, 0.3) is 0 Å². The van der Waals surface area contributed by atoms with Crippen LogP contribution in [0, 0.1) is 28.6 Å². The van der Waals surface area contributed by atoms with Gasteiger partial charge in [-0.05, 0) is 36.0 Å². The monoisotopic (exact) mass is 316 g/mol. The van der Waals surface area contributed by atoms with Crippen LogP contribution in [0.3, 0.4) is 0 Å². The number of hydrogen-bond donors (Lipinski definition) is 0. The van der Waals surface area contributed by atoms with Crippen molar-refractivity contribution in [1.29, 1.82) is 0 Å². The van der Waals surface area contributed by atoms with Gasteiger partial charge in [-0.25, -0.2) is 9.59 Å². The minimum absolute atomic E-state index is 0.0473. The van der Waals surface area contributed by atoms with Gasteiger partial charge in [-0.3, -0.25) is 0 Å². The van der Waals surface area contributed by atoms with E-state index in [2.05, 4.69) is 20.8 Å². The standard InChI is InChI=1S/C19H24O4/c1-18(2)11-6-7-19(18,3)15-10-8-9(12(11)15)13(16(20)22-4)14(10)17(21)23-5/h9-11H,6-8H2,1-5H3. The van der Waals surface area contributed by atoms with Crippen LogP contribution in [0.2, 0.25) is 0 Å². The average Bonchev–Trinajstić information content (AvgIpc) is 3.19. The third kappa shape index (κ3) is 1.44. The van der Waals surface area contributed by atoms with Gasteiger partial charge in [0.1, 0.15) is 0 Å². The Morgan fingerprint density at radius 2 is 1.57 bits per heavy atom. The topological polar surface area (TPSA) is 52.6 Å². The molecule has 0 heterocycles. The van der Waals surface area contributed by atoms with Crippen molar-refractivity contribution in [2.75, 3.05) is 14.2 Å². The molecule has 1 saturated carbocycles. The first kappa shape index (κ1) is 15.0. The molecule has 0 aromatic rings. The Bertz CT molecular complexity index is 696. The Labute approximate surface area is 136 Å². The summed E-state index contributed by atoms with van der Waals surface area (Å²) < 4.78 is 9.99. The van der Waals surface area contributed by atoms with E-state index >= 15 is 0 Å². The molecule has 4 heteroatoms. The lowest BCUT2D eigenvalue weighted by Crippen LogP contribution is -2.33. The second-order valence-corrected chi connectivity index (χ2v) is 8.17. The Morgan fingerprint density at radius 1 is 1.00 bits per heavy atom. The van der Waals surface area contributed by atoms with E-state index in [1.165, 1.54) is 38.2 Å². The lowest BCUT2D eigenvalue weighted by atomic mass is 9.64. The van der Waals surface area contributed by atoms with E-state index in [4.69, 9.17) is 9.47 Å². The molecule has 4 bridgehead atoms. The SMILES string of the molecule is COC(=O)C1=C(C(=O)OC)C2CC1C1=C2C2(C)CCC1C2(C)C. The van der Waals surface area contributed by atoms with Gasteiger partial charge >= 0.3 is 11.9 Å². The van der Waals surface area contributed by atoms with Crippen LogP contribution < -0.4 is 0 Å². The number of hydrogen-bond acceptors (Lipinski definition) is 4. The summed E-state index contributed by atoms with van der Waals surface area (Å²) >= 11 is 0. The van der Waals surface area contributed by atoms with Crippen molar-refractivity contribution in [3.8, 4) is 0 Å². The Morgan fingerprint density at radius 3 is 2.13 bits per heavy atom. The van der Waals surface area contributed by atoms with E-state index in [1.807, 2.05) is 0 Å². The zero-order chi connectivity index (χ0) is 16.7. The highest BCUT2D eigenvalue weighted by Gasteiger charge is 2.68. The largest absolute Gasteiger partial charge is 0.466 e. The molecule has 4 nitrogen and oxygen atoms in total. The molecule has 23 heavy (non-hydrogen) atoms. The third-order valence-corrected chi connectivity index (χ3v) is 7.50. The van der Waals surface area contributed by atoms with E-state index in [-0.39, 0.29) is 34.6 Å². The van der Waals surface area contributed by atoms with Crippen LogP contribution in [0.5, 0.6) is 0 Å². The lowest BCUT2D eigenvalue weighted by molar-refractivity contribution is -0.139. The number of allylic oxidation sites excluding steroid dienone is 2. The Hall–Kier alpha value is -1.58. The molecule has 1 fully saturated rings. The third-order valence-electron chi connectivity index (χ3n) is 7.50. The normalized spacial score (nSPS) is 39.1. The number of ether oxygens (including phenoxy) is 2. The molecule has 4 rings (SSSR count). The number of esters is 2. The fraction of sp³-hybridized carbons (Fsp3) is 0.684. The minimum Gasteiger partial charge on any atom is -0.466 e. The summed E-state index contributed by atoms with van der Waals surface area (Å²) in [5.41, 5.74) is 4.34. The molecule has 4 aliphatic rings. The fourth-order valence-corrected chi connectivity index (χ4v) is 6.16. The zero-order valence-electron chi connectivity index (χ0n) is 14.5. The fourth-order valence-electron chi connectivity index (χ4n) is 6.16. The molecule has 0 radical (unpaired) electrons. The van der Waals surface area contributed by atoms with Crippen LogP contribution in [-0.4, -0.2) is 26.2 Å². The van der Waals surface area contributed by atoms with Crippen molar-refractivity contribution in [1.82, 2.24) is 0 Å². The molecule has 0 aromatic heterocycles. The maximum Gasteiger partial charge on any atom is 0.334 e. The van der Waals surface area contributed by atoms with Gasteiger partial charge in [0, 0.05) is 11.8 Å². The van der Waals surface area contributed by atoms with Crippen molar-refractivity contribution in [3.05, 3.63) is 22.3 Å². The van der Waals surface area contributed by atoms with Gasteiger partial charge < -0.3 is 9.47 Å². The maximum absolute atomic E-state index is 12.4. The first-order chi connectivity index (χ1) is 10.8. The van der Waals surface area contributed by atoms with Gasteiger partial charge in [0.05, 0.1) is 25.4 Å². The average molecular weight is 316 g/mol. The summed E-state index contributed by atoms with van der Waals surface area (Å²) in [4.78, 5) is 24.7. The number of fused-ring (bicyclic) bond motifs is 8. The predicted octanol–water partition coefficient (Wildman–Crippen LogP) is 3.03. The van der Waals surface area contributed by atoms with E-state index in [0.717, 1.165) is 6.42 Å². The van der Waals surface area contributed by atoms with Crippen molar-refractivity contribution < 1.29 is 19.1 Å². The molecular weight excluding hydrogens is 292 g/mol. The second kappa shape index (κ2) is 4.28. The van der Waals surface area contributed by atoms with Gasteiger partial charge in [0.2, 0.25) is 0 Å². The molecule has 0 aliphatic heterocycles. The first-order valence-corrected chi connectivity index (χ1v) is 8.44. The summed E-state index contributed by atoms with van der Waals surface area (Å²) in [6, 6.07) is 0. The van der Waals surface area contributed by atoms with Crippen molar-refractivity contribution >= 4 is 11.9 Å². The summed E-state index contributed by atoms with van der Waals surface area (Å²) in [5.74, 6) is -0.103. The molecular formula is C19H24O4. The zero-order valence-corrected chi connectivity index (χ0v) is 14.5. The first-order valence-electron chi connectivity index (χ1n) is 8.44. The highest BCUT2D eigenvalue weighted by atomic mass is 16.5. The Balaban J connectivity index is 1.88. The second-order valence-electron chi connectivity index (χ2n) is 8.17. The minimum atomic E-state index is -0.367. The maximum atomic E-state index is 12.4. The highest BCUT2D eigenvalue weighted by Crippen LogP contribution is 2.76. The van der Waals surface area contributed by atoms with E-state index in [1.54, 1.807) is 0 Å². The predicted molar refractivity (Wildman–Crippen MR) is 84.3 cm³/mol. The molecule has 4 unspecified atom stereocenters. The molecule has 4 atom stereocenters. The summed E-state index contributed by atoms with van der Waals surface area (Å²) in [7, 11) is 2.77. The van der Waals surface area contributed by atoms with Crippen molar-refractivity contribution in [2.45, 2.75) is 40.0 Å². The van der Waals surface area contributed by atoms with E-state index in [0.29, 0.717) is 17.1 Å². The van der Waals surface area contributed by atoms with Gasteiger partial charge in [-0.15, -0.1) is 0 Å². The molecule has 4 aliphatic carbocycles. The molecule has 0 amide bonds. The van der Waals surface area contributed by atoms with Gasteiger partial charge in [-0.2, -0.15) is 0 Å². The number of carbonyl (C=O) groups is 2. The van der Waals surface area contributed by atoms with Crippen LogP contribution in [-0.2, 0) is 19.1 Å². The number of rotatable bonds is 2. The number of carbonyl (C=O) groups excluding carboxylic acids is 2. The van der Waals surface area contributed by atoms with Crippen LogP contribution in [0.25, 0.3) is 0 Å². The van der Waals surface area contributed by atoms with Gasteiger partial charge in [0.15, 0.2) is 0 Å². The quantitative estimate of drug-likeness (QED) is 0.446. The number of methoxy groups -OCH3 is 2. The molecule has 0 aromatic carbocycles. The van der Waals surface area contributed by atoms with Crippen molar-refractivity contribution in [3.63, 3.8) is 0 Å². The van der Waals surface area contributed by atoms with Crippen LogP contribution in [0.15, 0.2) is 22.3 Å². The smallest absolute Gasteiger partial charge is 0.334 e. The molecule has 0 N–H and O–H groups in total. The van der Waals surface area contributed by atoms with Gasteiger partial charge in [-0.1, -0.05) is 31.9 Å². The van der Waals surface area contributed by atoms with Crippen LogP contribution in [0.4, 0.5) is 0 Å². The van der Waals surface area contributed by atoms with Crippen molar-refractivity contribution in [2.24, 2.45) is 28.6 Å². The van der Waals surface area contributed by atoms with E-state index in [9.17, 15) is 9.59 Å². The lowest BCUT2D eigenvalue weighted by Gasteiger charge is -2.39. The molecule has 124 valence electrons. The summed E-state index contributed by atoms with van der Waals surface area (Å²) in [6.45, 7) is 7.04. The molecule has 0 saturated heterocycles. The highest BCUT2D eigenvalue weighted by molar-refractivity contribution is 6.04.